The molecule has 2 atom stereocenters. The van der Waals surface area contributed by atoms with Crippen LogP contribution in [0.15, 0.2) is 73.3 Å². The molecule has 0 spiro atoms. The van der Waals surface area contributed by atoms with E-state index in [0.29, 0.717) is 12.5 Å². The third kappa shape index (κ3) is 8.22. The Hall–Kier alpha value is -2.28. The average molecular weight is 445 g/mol. The highest BCUT2D eigenvalue weighted by atomic mass is 16.5. The van der Waals surface area contributed by atoms with Crippen LogP contribution in [0.3, 0.4) is 0 Å². The van der Waals surface area contributed by atoms with Crippen molar-refractivity contribution in [3.05, 3.63) is 90.0 Å². The minimum Gasteiger partial charge on any atom is -0.489 e. The van der Waals surface area contributed by atoms with Gasteiger partial charge in [-0.3, -0.25) is 0 Å². The maximum Gasteiger partial charge on any atom is 0.123 e. The predicted molar refractivity (Wildman–Crippen MR) is 143 cm³/mol. The van der Waals surface area contributed by atoms with Crippen molar-refractivity contribution in [2.24, 2.45) is 11.8 Å². The van der Waals surface area contributed by atoms with Crippen molar-refractivity contribution in [3.8, 4) is 5.75 Å². The fourth-order valence-electron chi connectivity index (χ4n) is 4.91. The molecule has 1 nitrogen and oxygen atoms in total. The van der Waals surface area contributed by atoms with Crippen molar-refractivity contribution in [2.75, 3.05) is 0 Å². The molecule has 0 aliphatic heterocycles. The Morgan fingerprint density at radius 3 is 2.52 bits per heavy atom. The molecular formula is C32H44O. The van der Waals surface area contributed by atoms with E-state index in [1.54, 1.807) is 0 Å². The van der Waals surface area contributed by atoms with E-state index < -0.39 is 0 Å². The van der Waals surface area contributed by atoms with Gasteiger partial charge in [0.1, 0.15) is 12.4 Å². The standard InChI is InChI=1S/C32H44O/c1-4-7-9-16-26(6-3)17-12-13-20-29(28-23-24-28)30-21-14-22-32(31(30)15-5-2)33-25-27-18-10-8-11-19-27/h5,8,10-11,13-14,18-22,26,28-29H,2,4,6-7,9,12,15-17,23-25H2,1,3H3/b20-13-/t26-,29+/m0/s1. The van der Waals surface area contributed by atoms with Crippen LogP contribution >= 0.6 is 0 Å². The minimum atomic E-state index is 0.500. The lowest BCUT2D eigenvalue weighted by atomic mass is 9.87. The summed E-state index contributed by atoms with van der Waals surface area (Å²) in [6.45, 7) is 9.30. The molecule has 1 aliphatic rings. The van der Waals surface area contributed by atoms with Gasteiger partial charge >= 0.3 is 0 Å². The Kier molecular flexibility index (Phi) is 10.8. The summed E-state index contributed by atoms with van der Waals surface area (Å²) in [4.78, 5) is 0. The molecule has 0 heterocycles. The summed E-state index contributed by atoms with van der Waals surface area (Å²) in [5.41, 5.74) is 3.96. The van der Waals surface area contributed by atoms with Gasteiger partial charge in [0, 0.05) is 11.5 Å². The van der Waals surface area contributed by atoms with Crippen molar-refractivity contribution >= 4 is 0 Å². The first-order valence-electron chi connectivity index (χ1n) is 13.3. The zero-order valence-corrected chi connectivity index (χ0v) is 21.0. The van der Waals surface area contributed by atoms with Crippen LogP contribution in [0.5, 0.6) is 5.75 Å². The van der Waals surface area contributed by atoms with Crippen molar-refractivity contribution in [1.29, 1.82) is 0 Å². The van der Waals surface area contributed by atoms with Gasteiger partial charge < -0.3 is 4.74 Å². The molecule has 33 heavy (non-hydrogen) atoms. The van der Waals surface area contributed by atoms with E-state index in [0.717, 1.165) is 24.0 Å². The molecule has 0 radical (unpaired) electrons. The zero-order valence-electron chi connectivity index (χ0n) is 21.0. The van der Waals surface area contributed by atoms with Crippen LogP contribution in [0.1, 0.15) is 94.2 Å². The summed E-state index contributed by atoms with van der Waals surface area (Å²) in [5, 5.41) is 0. The number of ether oxygens (including phenoxy) is 1. The lowest BCUT2D eigenvalue weighted by molar-refractivity contribution is 0.303. The second-order valence-corrected chi connectivity index (χ2v) is 9.73. The summed E-state index contributed by atoms with van der Waals surface area (Å²) in [5.74, 6) is 3.17. The Morgan fingerprint density at radius 2 is 1.82 bits per heavy atom. The van der Waals surface area contributed by atoms with Gasteiger partial charge in [0.2, 0.25) is 0 Å². The molecule has 0 bridgehead atoms. The van der Waals surface area contributed by atoms with Crippen LogP contribution < -0.4 is 4.74 Å². The fourth-order valence-corrected chi connectivity index (χ4v) is 4.91. The lowest BCUT2D eigenvalue weighted by Crippen LogP contribution is -2.06. The van der Waals surface area contributed by atoms with E-state index in [-0.39, 0.29) is 0 Å². The van der Waals surface area contributed by atoms with E-state index >= 15 is 0 Å². The SMILES string of the molecule is C=CCc1c(OCc2ccccc2)cccc1[C@H](/C=C\CC[C@@H](CC)CCCCC)C1CC1. The second kappa shape index (κ2) is 14.1. The molecule has 3 rings (SSSR count). The first-order chi connectivity index (χ1) is 16.3. The maximum atomic E-state index is 6.31. The van der Waals surface area contributed by atoms with E-state index in [4.69, 9.17) is 4.74 Å². The minimum absolute atomic E-state index is 0.500. The molecule has 0 N–H and O–H groups in total. The lowest BCUT2D eigenvalue weighted by Gasteiger charge is -2.20. The van der Waals surface area contributed by atoms with Crippen LogP contribution in [-0.4, -0.2) is 0 Å². The molecule has 178 valence electrons. The maximum absolute atomic E-state index is 6.31. The van der Waals surface area contributed by atoms with E-state index in [1.165, 1.54) is 74.5 Å². The summed E-state index contributed by atoms with van der Waals surface area (Å²) in [6, 6.07) is 17.1. The topological polar surface area (TPSA) is 9.23 Å². The second-order valence-electron chi connectivity index (χ2n) is 9.73. The van der Waals surface area contributed by atoms with Crippen LogP contribution in [0.2, 0.25) is 0 Å². The van der Waals surface area contributed by atoms with Gasteiger partial charge in [-0.1, -0.05) is 107 Å². The Balaban J connectivity index is 1.68. The zero-order chi connectivity index (χ0) is 23.3. The van der Waals surface area contributed by atoms with Crippen molar-refractivity contribution in [1.82, 2.24) is 0 Å². The van der Waals surface area contributed by atoms with Gasteiger partial charge in [-0.25, -0.2) is 0 Å². The molecule has 1 heteroatoms. The van der Waals surface area contributed by atoms with Crippen molar-refractivity contribution in [2.45, 2.75) is 90.6 Å². The highest BCUT2D eigenvalue weighted by Crippen LogP contribution is 2.46. The van der Waals surface area contributed by atoms with Crippen LogP contribution in [0.25, 0.3) is 0 Å². The van der Waals surface area contributed by atoms with E-state index in [2.05, 4.69) is 75.0 Å². The molecule has 0 amide bonds. The first kappa shape index (κ1) is 25.3. The third-order valence-electron chi connectivity index (χ3n) is 7.12. The van der Waals surface area contributed by atoms with Gasteiger partial charge in [-0.2, -0.15) is 0 Å². The summed E-state index contributed by atoms with van der Waals surface area (Å²) in [6.07, 6.45) is 19.9. The molecule has 0 unspecified atom stereocenters. The number of hydrogen-bond acceptors (Lipinski definition) is 1. The van der Waals surface area contributed by atoms with Crippen molar-refractivity contribution in [3.63, 3.8) is 0 Å². The number of allylic oxidation sites excluding steroid dienone is 3. The van der Waals surface area contributed by atoms with E-state index in [9.17, 15) is 0 Å². The van der Waals surface area contributed by atoms with Gasteiger partial charge in [-0.05, 0) is 61.1 Å². The summed E-state index contributed by atoms with van der Waals surface area (Å²) < 4.78 is 6.31. The Morgan fingerprint density at radius 1 is 1.00 bits per heavy atom. The fraction of sp³-hybridized carbons (Fsp3) is 0.500. The molecule has 0 aromatic heterocycles. The molecule has 2 aromatic carbocycles. The van der Waals surface area contributed by atoms with Crippen molar-refractivity contribution < 1.29 is 4.74 Å². The van der Waals surface area contributed by atoms with Gasteiger partial charge in [0.05, 0.1) is 0 Å². The number of unbranched alkanes of at least 4 members (excludes halogenated alkanes) is 2. The molecule has 1 fully saturated rings. The highest BCUT2D eigenvalue weighted by Gasteiger charge is 2.32. The average Bonchev–Trinajstić information content (AvgIpc) is 3.68. The first-order valence-corrected chi connectivity index (χ1v) is 13.3. The van der Waals surface area contributed by atoms with E-state index in [1.807, 2.05) is 12.1 Å². The normalized spacial score (nSPS) is 15.5. The largest absolute Gasteiger partial charge is 0.489 e. The Bertz CT molecular complexity index is 846. The number of hydrogen-bond donors (Lipinski definition) is 0. The van der Waals surface area contributed by atoms with Crippen LogP contribution in [0, 0.1) is 11.8 Å². The smallest absolute Gasteiger partial charge is 0.123 e. The van der Waals surface area contributed by atoms with Crippen LogP contribution in [-0.2, 0) is 13.0 Å². The van der Waals surface area contributed by atoms with Gasteiger partial charge in [-0.15, -0.1) is 6.58 Å². The molecule has 2 aromatic rings. The summed E-state index contributed by atoms with van der Waals surface area (Å²) >= 11 is 0. The highest BCUT2D eigenvalue weighted by molar-refractivity contribution is 5.45. The van der Waals surface area contributed by atoms with Gasteiger partial charge in [0.15, 0.2) is 0 Å². The molecule has 1 aliphatic carbocycles. The molecule has 0 saturated heterocycles. The van der Waals surface area contributed by atoms with Crippen LogP contribution in [0.4, 0.5) is 0 Å². The monoisotopic (exact) mass is 444 g/mol. The number of rotatable bonds is 16. The molecule has 1 saturated carbocycles. The Labute approximate surface area is 203 Å². The summed E-state index contributed by atoms with van der Waals surface area (Å²) in [7, 11) is 0. The number of benzene rings is 2. The van der Waals surface area contributed by atoms with Gasteiger partial charge in [0.25, 0.3) is 0 Å². The quantitative estimate of drug-likeness (QED) is 0.185. The third-order valence-corrected chi connectivity index (χ3v) is 7.12. The predicted octanol–water partition coefficient (Wildman–Crippen LogP) is 9.43. The molecular weight excluding hydrogens is 400 g/mol.